The number of anilines is 4. The van der Waals surface area contributed by atoms with E-state index < -0.39 is 45.0 Å². The number of hydrogen-bond acceptors (Lipinski definition) is 26. The maximum absolute atomic E-state index is 13.4. The summed E-state index contributed by atoms with van der Waals surface area (Å²) < 4.78 is 103. The van der Waals surface area contributed by atoms with Gasteiger partial charge in [-0.05, 0) is 166 Å². The minimum absolute atomic E-state index is 0. The number of aromatic nitrogens is 12. The first-order valence-electron chi connectivity index (χ1n) is 39.1. The molecule has 37 heteroatoms. The fraction of sp³-hybridized carbons (Fsp3) is 0.481. The zero-order chi connectivity index (χ0) is 80.0. The van der Waals surface area contributed by atoms with Gasteiger partial charge in [0, 0.05) is 129 Å². The van der Waals surface area contributed by atoms with Crippen molar-refractivity contribution in [2.45, 2.75) is 165 Å². The summed E-state index contributed by atoms with van der Waals surface area (Å²) in [5.74, 6) is 0.475. The second-order valence-corrected chi connectivity index (χ2v) is 33.6. The molecule has 31 nitrogen and oxygen atoms in total. The molecule has 4 unspecified atom stereocenters. The summed E-state index contributed by atoms with van der Waals surface area (Å²) in [6, 6.07) is 21.8. The summed E-state index contributed by atoms with van der Waals surface area (Å²) in [6.07, 6.45) is 19.6. The number of ether oxygens (including phenoxy) is 2. The monoisotopic (exact) mass is 1810 g/mol. The number of Topliss-reactive ketones (excluding diaryl/α,β-unsaturated/α-hetero) is 1. The average molecular weight is 1810 g/mol. The number of benzene rings is 2. The number of alkyl halides is 3. The third-order valence-corrected chi connectivity index (χ3v) is 24.9. The Balaban J connectivity index is 0.000000143. The van der Waals surface area contributed by atoms with E-state index in [1.165, 1.54) is 29.2 Å². The second-order valence-electron chi connectivity index (χ2n) is 29.9. The predicted octanol–water partition coefficient (Wildman–Crippen LogP) is 11.3. The zero-order valence-electron chi connectivity index (χ0n) is 65.5. The van der Waals surface area contributed by atoms with Crippen LogP contribution in [0.15, 0.2) is 133 Å². The van der Waals surface area contributed by atoms with E-state index in [9.17, 15) is 54.3 Å². The number of H-pyrrole nitrogens is 2. The van der Waals surface area contributed by atoms with Crippen molar-refractivity contribution < 1.29 is 84.8 Å². The van der Waals surface area contributed by atoms with Gasteiger partial charge in [-0.15, -0.1) is 0 Å². The Labute approximate surface area is 685 Å². The van der Waals surface area contributed by atoms with Crippen LogP contribution in [0, 0.1) is 44.9 Å². The largest absolute Gasteiger partial charge is 0.481 e. The van der Waals surface area contributed by atoms with Crippen LogP contribution in [0.1, 0.15) is 128 Å². The first-order valence-corrected chi connectivity index (χ1v) is 42.0. The van der Waals surface area contributed by atoms with E-state index in [2.05, 4.69) is 85.3 Å². The SMILES string of the molecule is CCOC(=O)C1CCCN(N(c2ncnc3c2ccn3S(=O)(=O)c2ccc(C)cc2)C2CC2)C1.CCOC(=O)C1CCCN(Nc2ncnc3c2ccn3S(=O)(=O)c2ccc(C)cc2)C1.O=C(CCC(F)(F)F)C1CCCN(N(c2ncnc3[nH]ccc23)C2CC2)C1.O=C(O)C1CCCN(N(c2ncnc3[nH]ccc23)C2CC2)C1.[CH3-].[W]. The molecule has 4 saturated heterocycles. The quantitative estimate of drug-likeness (QED) is 0.0341. The molecule has 3 saturated carbocycles. The smallest absolute Gasteiger partial charge is 0.389 e. The molecule has 0 bridgehead atoms. The molecule has 7 aliphatic rings. The molecule has 4 N–H and O–H groups in total. The predicted molar refractivity (Wildman–Crippen MR) is 425 cm³/mol. The number of rotatable bonds is 23. The van der Waals surface area contributed by atoms with Gasteiger partial charge >= 0.3 is 24.1 Å². The normalized spacial score (nSPS) is 19.7. The molecule has 8 aromatic heterocycles. The molecule has 4 aliphatic heterocycles. The number of fused-ring (bicyclic) bond motifs is 4. The minimum atomic E-state index is -4.29. The molecule has 116 heavy (non-hydrogen) atoms. The van der Waals surface area contributed by atoms with Gasteiger partial charge in [-0.1, -0.05) is 35.4 Å². The number of nitrogens with one attached hydrogen (secondary N) is 3. The first kappa shape index (κ1) is 85.8. The number of aliphatic carboxylic acids is 1. The van der Waals surface area contributed by atoms with E-state index in [1.54, 1.807) is 80.1 Å². The minimum Gasteiger partial charge on any atom is -0.481 e. The number of carboxylic acid groups (broad SMARTS) is 1. The van der Waals surface area contributed by atoms with E-state index in [1.807, 2.05) is 50.3 Å². The van der Waals surface area contributed by atoms with E-state index in [4.69, 9.17) is 9.47 Å². The molecular weight excluding hydrogens is 1710 g/mol. The standard InChI is InChI=1S/C24H29N5O4S.C21H25N5O4S.C18H22F3N5O.C15H19N5O2.CH3.W/c1-3-33-24(30)18-5-4-13-27(15-18)29(19-8-9-19)23-21-12-14-28(22(21)25-16-26-23)34(31,32)20-10-6-17(2)7-11-20;1-3-30-21(27)16-5-4-11-25(13-16)24-19-18-10-12-26(20(18)23-14-22-19)31(28,29)17-8-6-15(2)7-9-17;19-18(20,21)7-5-15(27)12-2-1-9-25(10-12)26(13-3-4-13)17-14-6-8-22-16(14)23-11-24-17;21-15(22)10-2-1-7-19(8-10)20(11-3-4-11)14-12-5-6-16-13(12)17-9-18-14;;/h6-7,10-12,14,16,18-19H,3-5,8-9,13,15H2,1-2H3;6-10,12,14,16H,3-5,11,13H2,1-2H3,(H,22,23,24);6,8,11-13H,1-5,7,9-10H2,(H,22,23,24);5-6,9-11H,1-4,7-8H2,(H,21,22)(H,16,17,18);1H3;/q;;;;-1;. The van der Waals surface area contributed by atoms with E-state index >= 15 is 0 Å². The number of ketones is 1. The third kappa shape index (κ3) is 19.8. The maximum atomic E-state index is 13.4. The van der Waals surface area contributed by atoms with Crippen molar-refractivity contribution in [3.63, 3.8) is 0 Å². The number of piperidine rings is 4. The summed E-state index contributed by atoms with van der Waals surface area (Å²) in [6.45, 7) is 13.4. The van der Waals surface area contributed by atoms with Crippen molar-refractivity contribution in [3.05, 3.63) is 141 Å². The third-order valence-electron chi connectivity index (χ3n) is 21.5. The Morgan fingerprint density at radius 1 is 0.509 bits per heavy atom. The number of esters is 2. The van der Waals surface area contributed by atoms with Crippen molar-refractivity contribution in [1.29, 1.82) is 0 Å². The average Bonchev–Trinajstić information content (AvgIpc) is 1.61. The molecule has 10 aromatic rings. The number of carbonyl (C=O) groups is 4. The summed E-state index contributed by atoms with van der Waals surface area (Å²) in [5, 5.41) is 27.4. The van der Waals surface area contributed by atoms with Gasteiger partial charge in [0.15, 0.2) is 34.6 Å². The summed E-state index contributed by atoms with van der Waals surface area (Å²) in [5.41, 5.74) is 7.40. The van der Waals surface area contributed by atoms with Gasteiger partial charge in [0.1, 0.15) is 42.4 Å². The van der Waals surface area contributed by atoms with Gasteiger partial charge in [0.2, 0.25) is 0 Å². The topological polar surface area (TPSA) is 355 Å². The molecule has 2 aromatic carbocycles. The van der Waals surface area contributed by atoms with E-state index in [-0.39, 0.29) is 91.4 Å². The number of halogens is 3. The fourth-order valence-corrected chi connectivity index (χ4v) is 17.9. The maximum Gasteiger partial charge on any atom is 0.389 e. The zero-order valence-corrected chi connectivity index (χ0v) is 70.0. The van der Waals surface area contributed by atoms with Crippen molar-refractivity contribution >= 4 is 111 Å². The molecular formula is C79H98F3N20O11S2W-. The molecule has 3 aliphatic carbocycles. The van der Waals surface area contributed by atoms with Crippen LogP contribution in [0.3, 0.4) is 0 Å². The molecule has 0 spiro atoms. The van der Waals surface area contributed by atoms with Crippen molar-refractivity contribution in [1.82, 2.24) is 77.8 Å². The number of aryl methyl sites for hydroxylation is 2. The van der Waals surface area contributed by atoms with Crippen LogP contribution >= 0.6 is 0 Å². The molecule has 0 radical (unpaired) electrons. The molecule has 17 rings (SSSR count). The van der Waals surface area contributed by atoms with Gasteiger partial charge in [0.25, 0.3) is 20.0 Å². The molecule has 620 valence electrons. The summed E-state index contributed by atoms with van der Waals surface area (Å²) in [7, 11) is -7.60. The van der Waals surface area contributed by atoms with E-state index in [0.717, 1.165) is 158 Å². The van der Waals surface area contributed by atoms with Crippen molar-refractivity contribution in [2.75, 3.05) is 86.0 Å². The van der Waals surface area contributed by atoms with Gasteiger partial charge in [-0.25, -0.2) is 84.7 Å². The van der Waals surface area contributed by atoms with Crippen LogP contribution in [0.4, 0.5) is 36.4 Å². The Kier molecular flexibility index (Phi) is 27.6. The fourth-order valence-electron chi connectivity index (χ4n) is 15.3. The van der Waals surface area contributed by atoms with Crippen molar-refractivity contribution in [3.8, 4) is 0 Å². The Morgan fingerprint density at radius 3 is 1.36 bits per heavy atom. The van der Waals surface area contributed by atoms with Crippen LogP contribution in [-0.2, 0) is 69.8 Å². The van der Waals surface area contributed by atoms with Gasteiger partial charge in [-0.3, -0.25) is 34.2 Å². The number of carboxylic acids is 1. The molecule has 7 fully saturated rings. The number of carbonyl (C=O) groups excluding carboxylic acids is 3. The summed E-state index contributed by atoms with van der Waals surface area (Å²) >= 11 is 0. The Morgan fingerprint density at radius 2 is 0.905 bits per heavy atom. The van der Waals surface area contributed by atoms with Crippen molar-refractivity contribution in [2.24, 2.45) is 23.7 Å². The number of hydrogen-bond donors (Lipinski definition) is 4. The number of aromatic amines is 2. The summed E-state index contributed by atoms with van der Waals surface area (Å²) in [4.78, 5) is 89.6. The second kappa shape index (κ2) is 37.4. The van der Waals surface area contributed by atoms with Crippen LogP contribution < -0.4 is 20.5 Å². The molecule has 12 heterocycles. The van der Waals surface area contributed by atoms with Crippen LogP contribution in [0.5, 0.6) is 0 Å². The molecule has 0 amide bonds. The van der Waals surface area contributed by atoms with Crippen LogP contribution in [-0.4, -0.2) is 213 Å². The van der Waals surface area contributed by atoms with Gasteiger partial charge in [-0.2, -0.15) is 13.2 Å². The van der Waals surface area contributed by atoms with Gasteiger partial charge < -0.3 is 37.4 Å². The Hall–Kier alpha value is -9.58. The Bertz CT molecular complexity index is 5300. The van der Waals surface area contributed by atoms with E-state index in [0.29, 0.717) is 86.0 Å². The molecule has 4 atom stereocenters. The number of nitrogens with zero attached hydrogens (tertiary/aromatic N) is 17. The van der Waals surface area contributed by atoms with Crippen LogP contribution in [0.2, 0.25) is 0 Å². The number of hydrazine groups is 4. The van der Waals surface area contributed by atoms with Crippen LogP contribution in [0.25, 0.3) is 44.1 Å². The first-order chi connectivity index (χ1) is 55.0. The van der Waals surface area contributed by atoms with Gasteiger partial charge in [0.05, 0.1) is 68.7 Å².